The summed E-state index contributed by atoms with van der Waals surface area (Å²) in [6.45, 7) is 4.73. The molecular weight excluding hydrogens is 805 g/mol. The fourth-order valence-corrected chi connectivity index (χ4v) is 5.95. The number of ether oxygens (including phenoxy) is 6. The number of nitrogens with zero attached hydrogens (tertiary/aromatic N) is 1. The molecule has 1 N–H and O–H groups in total. The number of quaternary nitrogens is 1. The van der Waals surface area contributed by atoms with Crippen molar-refractivity contribution in [2.75, 3.05) is 73.9 Å². The van der Waals surface area contributed by atoms with Crippen molar-refractivity contribution < 1.29 is 80.2 Å². The molecule has 2 atom stereocenters. The standard InChI is InChI=1S/C42H76NO16P/c1-6-8-10-16-29-52-37(44)24-20-26-39(46)54-31-18-12-14-22-41(48)56-34-36(35-58-60(50,51)57-33-28-43(3,4)5)59-42(49)23-15-13-19-32-55-40(47)27-21-25-38(45)53-30-17-11-9-7-2/h36H,6-35H2,1-5H3/p+1/t36-/m1/s1. The molecule has 0 saturated heterocycles. The van der Waals surface area contributed by atoms with E-state index in [4.69, 9.17) is 37.5 Å². The van der Waals surface area contributed by atoms with Crippen LogP contribution in [-0.4, -0.2) is 125 Å². The van der Waals surface area contributed by atoms with Crippen LogP contribution in [-0.2, 0) is 70.8 Å². The zero-order valence-corrected chi connectivity index (χ0v) is 38.2. The molecule has 1 unspecified atom stereocenters. The van der Waals surface area contributed by atoms with Gasteiger partial charge in [-0.15, -0.1) is 0 Å². The van der Waals surface area contributed by atoms with E-state index in [-0.39, 0.29) is 70.3 Å². The van der Waals surface area contributed by atoms with E-state index in [0.717, 1.165) is 51.4 Å². The molecular formula is C42H77NO16P+. The lowest BCUT2D eigenvalue weighted by atomic mass is 10.2. The maximum Gasteiger partial charge on any atom is 0.472 e. The third-order valence-electron chi connectivity index (χ3n) is 8.79. The smallest absolute Gasteiger partial charge is 0.466 e. The molecule has 0 aromatic heterocycles. The van der Waals surface area contributed by atoms with Crippen LogP contribution in [0.3, 0.4) is 0 Å². The highest BCUT2D eigenvalue weighted by atomic mass is 31.2. The number of carbonyl (C=O) groups is 6. The van der Waals surface area contributed by atoms with Gasteiger partial charge in [-0.3, -0.25) is 37.8 Å². The topological polar surface area (TPSA) is 214 Å². The van der Waals surface area contributed by atoms with Gasteiger partial charge in [0, 0.05) is 38.5 Å². The van der Waals surface area contributed by atoms with Crippen LogP contribution in [0.15, 0.2) is 0 Å². The third kappa shape index (κ3) is 39.1. The quantitative estimate of drug-likeness (QED) is 0.0214. The first kappa shape index (κ1) is 56.9. The van der Waals surface area contributed by atoms with Crippen molar-refractivity contribution in [2.45, 2.75) is 161 Å². The van der Waals surface area contributed by atoms with Gasteiger partial charge in [-0.25, -0.2) is 4.57 Å². The summed E-state index contributed by atoms with van der Waals surface area (Å²) in [7, 11) is 1.16. The molecule has 0 heterocycles. The molecule has 350 valence electrons. The van der Waals surface area contributed by atoms with Crippen LogP contribution >= 0.6 is 7.82 Å². The molecule has 0 aromatic rings. The van der Waals surface area contributed by atoms with E-state index in [2.05, 4.69) is 13.8 Å². The van der Waals surface area contributed by atoms with Gasteiger partial charge in [-0.1, -0.05) is 52.4 Å². The van der Waals surface area contributed by atoms with Crippen LogP contribution in [0, 0.1) is 0 Å². The minimum Gasteiger partial charge on any atom is -0.466 e. The summed E-state index contributed by atoms with van der Waals surface area (Å²) in [6.07, 6.45) is 11.2. The summed E-state index contributed by atoms with van der Waals surface area (Å²) in [6, 6.07) is 0. The maximum absolute atomic E-state index is 12.6. The minimum atomic E-state index is -4.50. The number of unbranched alkanes of at least 4 members (excludes halogenated alkanes) is 10. The predicted molar refractivity (Wildman–Crippen MR) is 222 cm³/mol. The maximum atomic E-state index is 12.6. The third-order valence-corrected chi connectivity index (χ3v) is 9.77. The second-order valence-electron chi connectivity index (χ2n) is 15.7. The van der Waals surface area contributed by atoms with Gasteiger partial charge in [0.05, 0.1) is 54.2 Å². The van der Waals surface area contributed by atoms with Gasteiger partial charge >= 0.3 is 43.6 Å². The van der Waals surface area contributed by atoms with Crippen LogP contribution in [0.25, 0.3) is 0 Å². The first-order chi connectivity index (χ1) is 28.6. The van der Waals surface area contributed by atoms with Gasteiger partial charge in [-0.2, -0.15) is 0 Å². The Balaban J connectivity index is 4.51. The number of phosphoric ester groups is 1. The van der Waals surface area contributed by atoms with Crippen molar-refractivity contribution in [3.63, 3.8) is 0 Å². The molecule has 0 aliphatic carbocycles. The lowest BCUT2D eigenvalue weighted by molar-refractivity contribution is -0.870. The summed E-state index contributed by atoms with van der Waals surface area (Å²) in [4.78, 5) is 82.8. The number of hydrogen-bond donors (Lipinski definition) is 1. The van der Waals surface area contributed by atoms with Crippen molar-refractivity contribution in [1.29, 1.82) is 0 Å². The molecule has 0 radical (unpaired) electrons. The number of carbonyl (C=O) groups excluding carboxylic acids is 6. The zero-order chi connectivity index (χ0) is 44.9. The molecule has 0 aliphatic rings. The Morgan fingerprint density at radius 1 is 0.450 bits per heavy atom. The van der Waals surface area contributed by atoms with Crippen molar-refractivity contribution in [3.8, 4) is 0 Å². The second kappa shape index (κ2) is 36.5. The Bertz CT molecular complexity index is 1240. The summed E-state index contributed by atoms with van der Waals surface area (Å²) < 4.78 is 54.5. The Kier molecular flexibility index (Phi) is 34.6. The average molecular weight is 883 g/mol. The lowest BCUT2D eigenvalue weighted by Crippen LogP contribution is -2.37. The van der Waals surface area contributed by atoms with Crippen LogP contribution in [0.1, 0.15) is 155 Å². The van der Waals surface area contributed by atoms with E-state index >= 15 is 0 Å². The van der Waals surface area contributed by atoms with Crippen molar-refractivity contribution in [3.05, 3.63) is 0 Å². The fraction of sp³-hybridized carbons (Fsp3) is 0.857. The first-order valence-electron chi connectivity index (χ1n) is 22.0. The molecule has 0 bridgehead atoms. The lowest BCUT2D eigenvalue weighted by Gasteiger charge is -2.24. The number of rotatable bonds is 40. The van der Waals surface area contributed by atoms with E-state index < -0.39 is 51.0 Å². The van der Waals surface area contributed by atoms with Crippen molar-refractivity contribution >= 4 is 43.6 Å². The normalized spacial score (nSPS) is 12.8. The Morgan fingerprint density at radius 3 is 1.22 bits per heavy atom. The van der Waals surface area contributed by atoms with Gasteiger partial charge in [0.25, 0.3) is 0 Å². The van der Waals surface area contributed by atoms with Crippen LogP contribution in [0.5, 0.6) is 0 Å². The summed E-state index contributed by atoms with van der Waals surface area (Å²) in [5.74, 6) is -2.68. The summed E-state index contributed by atoms with van der Waals surface area (Å²) in [5, 5.41) is 0. The Hall–Kier alpha value is -3.11. The van der Waals surface area contributed by atoms with Crippen LogP contribution in [0.2, 0.25) is 0 Å². The van der Waals surface area contributed by atoms with E-state index in [9.17, 15) is 38.2 Å². The fourth-order valence-electron chi connectivity index (χ4n) is 5.20. The van der Waals surface area contributed by atoms with Gasteiger partial charge in [0.1, 0.15) is 19.8 Å². The Morgan fingerprint density at radius 2 is 0.817 bits per heavy atom. The molecule has 0 rings (SSSR count). The average Bonchev–Trinajstić information content (AvgIpc) is 3.17. The number of phosphoric acid groups is 1. The first-order valence-corrected chi connectivity index (χ1v) is 23.5. The molecule has 17 nitrogen and oxygen atoms in total. The minimum absolute atomic E-state index is 0.00790. The van der Waals surface area contributed by atoms with Crippen LogP contribution < -0.4 is 0 Å². The highest BCUT2D eigenvalue weighted by molar-refractivity contribution is 7.47. The van der Waals surface area contributed by atoms with Gasteiger partial charge in [-0.05, 0) is 64.2 Å². The highest BCUT2D eigenvalue weighted by Gasteiger charge is 2.27. The van der Waals surface area contributed by atoms with Gasteiger partial charge in [0.2, 0.25) is 0 Å². The van der Waals surface area contributed by atoms with E-state index in [1.807, 2.05) is 21.1 Å². The number of likely N-dealkylation sites (N-methyl/N-ethyl adjacent to an activating group) is 1. The SMILES string of the molecule is CCCCCCOC(=O)CCCC(=O)OCCCCCC(=O)OC[C@H](COP(=O)(O)OCC[N+](C)(C)C)OC(=O)CCCCCOC(=O)CCCC(=O)OCCCCCC. The molecule has 0 spiro atoms. The zero-order valence-electron chi connectivity index (χ0n) is 37.3. The van der Waals surface area contributed by atoms with Gasteiger partial charge < -0.3 is 37.8 Å². The number of esters is 6. The van der Waals surface area contributed by atoms with Crippen LogP contribution in [0.4, 0.5) is 0 Å². The predicted octanol–water partition coefficient (Wildman–Crippen LogP) is 7.08. The molecule has 0 amide bonds. The summed E-state index contributed by atoms with van der Waals surface area (Å²) >= 11 is 0. The molecule has 0 aromatic carbocycles. The molecule has 0 aliphatic heterocycles. The van der Waals surface area contributed by atoms with Crippen molar-refractivity contribution in [2.24, 2.45) is 0 Å². The number of hydrogen-bond acceptors (Lipinski definition) is 15. The van der Waals surface area contributed by atoms with E-state index in [1.165, 1.54) is 0 Å². The molecule has 18 heteroatoms. The Labute approximate surface area is 358 Å². The van der Waals surface area contributed by atoms with E-state index in [0.29, 0.717) is 75.6 Å². The molecule has 0 fully saturated rings. The second-order valence-corrected chi connectivity index (χ2v) is 17.2. The molecule has 60 heavy (non-hydrogen) atoms. The molecule has 0 saturated carbocycles. The highest BCUT2D eigenvalue weighted by Crippen LogP contribution is 2.43. The monoisotopic (exact) mass is 882 g/mol. The largest absolute Gasteiger partial charge is 0.472 e. The van der Waals surface area contributed by atoms with Gasteiger partial charge in [0.15, 0.2) is 6.10 Å². The summed E-state index contributed by atoms with van der Waals surface area (Å²) in [5.41, 5.74) is 0. The van der Waals surface area contributed by atoms with E-state index in [1.54, 1.807) is 0 Å². The van der Waals surface area contributed by atoms with Crippen molar-refractivity contribution in [1.82, 2.24) is 0 Å².